The minimum absolute atomic E-state index is 0.653. The normalized spacial score (nSPS) is 10.3. The Kier molecular flexibility index (Phi) is 3.91. The first-order valence-electron chi connectivity index (χ1n) is 6.03. The number of nitrogen functional groups attached to an aromatic ring is 1. The van der Waals surface area contributed by atoms with Crippen molar-refractivity contribution >= 4 is 11.6 Å². The van der Waals surface area contributed by atoms with Crippen LogP contribution in [0.1, 0.15) is 17.0 Å². The number of hydrogen-bond acceptors (Lipinski definition) is 6. The van der Waals surface area contributed by atoms with Crippen LogP contribution >= 0.6 is 0 Å². The van der Waals surface area contributed by atoms with Crippen molar-refractivity contribution in [2.24, 2.45) is 5.84 Å². The third-order valence-electron chi connectivity index (χ3n) is 2.87. The van der Waals surface area contributed by atoms with Gasteiger partial charge in [0.05, 0.1) is 0 Å². The molecule has 0 aliphatic carbocycles. The molecule has 6 nitrogen and oxygen atoms in total. The summed E-state index contributed by atoms with van der Waals surface area (Å²) in [5.74, 6) is 7.68. The largest absolute Gasteiger partial charge is 0.355 e. The highest BCUT2D eigenvalue weighted by molar-refractivity contribution is 5.57. The van der Waals surface area contributed by atoms with E-state index in [4.69, 9.17) is 5.84 Å². The molecule has 0 aliphatic heterocycles. The molecule has 0 bridgehead atoms. The summed E-state index contributed by atoms with van der Waals surface area (Å²) in [6.45, 7) is 4.53. The van der Waals surface area contributed by atoms with Gasteiger partial charge in [-0.25, -0.2) is 15.8 Å². The quantitative estimate of drug-likeness (QED) is 0.637. The second-order valence-electron chi connectivity index (χ2n) is 4.43. The zero-order valence-corrected chi connectivity index (χ0v) is 11.4. The van der Waals surface area contributed by atoms with Crippen LogP contribution < -0.4 is 16.2 Å². The van der Waals surface area contributed by atoms with E-state index in [1.165, 1.54) is 0 Å². The van der Waals surface area contributed by atoms with Crippen LogP contribution in [0.4, 0.5) is 11.6 Å². The summed E-state index contributed by atoms with van der Waals surface area (Å²) in [5.41, 5.74) is 4.66. The first kappa shape index (κ1) is 13.2. The van der Waals surface area contributed by atoms with E-state index < -0.39 is 0 Å². The second-order valence-corrected chi connectivity index (χ2v) is 4.43. The van der Waals surface area contributed by atoms with Crippen molar-refractivity contribution < 1.29 is 0 Å². The first-order valence-corrected chi connectivity index (χ1v) is 6.03. The van der Waals surface area contributed by atoms with E-state index in [9.17, 15) is 0 Å². The van der Waals surface area contributed by atoms with Gasteiger partial charge in [-0.3, -0.25) is 4.98 Å². The summed E-state index contributed by atoms with van der Waals surface area (Å²) >= 11 is 0. The highest BCUT2D eigenvalue weighted by Gasteiger charge is 2.12. The molecule has 2 heterocycles. The van der Waals surface area contributed by atoms with Crippen LogP contribution in [-0.4, -0.2) is 22.0 Å². The predicted molar refractivity (Wildman–Crippen MR) is 75.7 cm³/mol. The molecule has 0 aromatic carbocycles. The SMILES string of the molecule is Cc1nc(NN)c(C)c(N(C)Cc2cccnc2)n1. The zero-order chi connectivity index (χ0) is 13.8. The number of hydrazine groups is 1. The lowest BCUT2D eigenvalue weighted by Crippen LogP contribution is -2.21. The summed E-state index contributed by atoms with van der Waals surface area (Å²) in [6, 6.07) is 3.96. The van der Waals surface area contributed by atoms with Gasteiger partial charge in [0.25, 0.3) is 0 Å². The zero-order valence-electron chi connectivity index (χ0n) is 11.4. The maximum atomic E-state index is 5.47. The van der Waals surface area contributed by atoms with E-state index >= 15 is 0 Å². The van der Waals surface area contributed by atoms with Crippen LogP contribution in [0.5, 0.6) is 0 Å². The molecule has 0 aliphatic rings. The van der Waals surface area contributed by atoms with Gasteiger partial charge in [0.2, 0.25) is 0 Å². The monoisotopic (exact) mass is 258 g/mol. The van der Waals surface area contributed by atoms with Crippen molar-refractivity contribution in [3.63, 3.8) is 0 Å². The lowest BCUT2D eigenvalue weighted by atomic mass is 10.2. The Morgan fingerprint density at radius 2 is 2.11 bits per heavy atom. The maximum Gasteiger partial charge on any atom is 0.148 e. The van der Waals surface area contributed by atoms with Gasteiger partial charge in [-0.1, -0.05) is 6.07 Å². The molecule has 0 spiro atoms. The predicted octanol–water partition coefficient (Wildman–Crippen LogP) is 1.41. The number of nitrogens with zero attached hydrogens (tertiary/aromatic N) is 4. The summed E-state index contributed by atoms with van der Waals surface area (Å²) < 4.78 is 0. The van der Waals surface area contributed by atoms with Gasteiger partial charge in [-0.15, -0.1) is 0 Å². The van der Waals surface area contributed by atoms with Crippen molar-refractivity contribution in [2.75, 3.05) is 17.4 Å². The number of hydrogen-bond donors (Lipinski definition) is 2. The van der Waals surface area contributed by atoms with Crippen LogP contribution in [0.25, 0.3) is 0 Å². The molecule has 0 unspecified atom stereocenters. The Morgan fingerprint density at radius 1 is 1.32 bits per heavy atom. The van der Waals surface area contributed by atoms with Crippen LogP contribution in [0.2, 0.25) is 0 Å². The van der Waals surface area contributed by atoms with E-state index in [-0.39, 0.29) is 0 Å². The number of anilines is 2. The second kappa shape index (κ2) is 5.62. The van der Waals surface area contributed by atoms with Crippen LogP contribution in [0.15, 0.2) is 24.5 Å². The molecule has 0 amide bonds. The number of pyridine rings is 1. The summed E-state index contributed by atoms with van der Waals surface area (Å²) in [7, 11) is 1.99. The Hall–Kier alpha value is -2.21. The van der Waals surface area contributed by atoms with Gasteiger partial charge in [-0.05, 0) is 25.5 Å². The fourth-order valence-electron chi connectivity index (χ4n) is 1.97. The number of nitrogens with one attached hydrogen (secondary N) is 1. The highest BCUT2D eigenvalue weighted by atomic mass is 15.3. The third-order valence-corrected chi connectivity index (χ3v) is 2.87. The first-order chi connectivity index (χ1) is 9.11. The summed E-state index contributed by atoms with van der Waals surface area (Å²) in [6.07, 6.45) is 3.61. The Labute approximate surface area is 112 Å². The molecule has 19 heavy (non-hydrogen) atoms. The molecule has 2 aromatic heterocycles. The average molecular weight is 258 g/mol. The van der Waals surface area contributed by atoms with Gasteiger partial charge < -0.3 is 10.3 Å². The molecule has 0 atom stereocenters. The summed E-state index contributed by atoms with van der Waals surface area (Å²) in [4.78, 5) is 14.9. The molecular formula is C13H18N6. The lowest BCUT2D eigenvalue weighted by Gasteiger charge is -2.21. The average Bonchev–Trinajstić information content (AvgIpc) is 2.42. The topological polar surface area (TPSA) is 80.0 Å². The van der Waals surface area contributed by atoms with E-state index in [2.05, 4.69) is 25.3 Å². The molecule has 0 saturated carbocycles. The van der Waals surface area contributed by atoms with Gasteiger partial charge in [0.1, 0.15) is 17.5 Å². The van der Waals surface area contributed by atoms with Gasteiger partial charge >= 0.3 is 0 Å². The fraction of sp³-hybridized carbons (Fsp3) is 0.308. The van der Waals surface area contributed by atoms with Gasteiger partial charge in [0.15, 0.2) is 0 Å². The van der Waals surface area contributed by atoms with Crippen molar-refractivity contribution in [2.45, 2.75) is 20.4 Å². The third kappa shape index (κ3) is 2.97. The van der Waals surface area contributed by atoms with Gasteiger partial charge in [0, 0.05) is 31.5 Å². The maximum absolute atomic E-state index is 5.47. The smallest absolute Gasteiger partial charge is 0.148 e. The van der Waals surface area contributed by atoms with Crippen molar-refractivity contribution in [1.82, 2.24) is 15.0 Å². The lowest BCUT2D eigenvalue weighted by molar-refractivity contribution is 0.865. The molecule has 2 rings (SSSR count). The molecule has 3 N–H and O–H groups in total. The Bertz CT molecular complexity index is 555. The highest BCUT2D eigenvalue weighted by Crippen LogP contribution is 2.23. The van der Waals surface area contributed by atoms with E-state index in [0.717, 1.165) is 23.5 Å². The van der Waals surface area contributed by atoms with Crippen molar-refractivity contribution in [3.8, 4) is 0 Å². The minimum atomic E-state index is 0.653. The van der Waals surface area contributed by atoms with E-state index in [1.807, 2.05) is 39.2 Å². The van der Waals surface area contributed by atoms with Crippen LogP contribution in [0.3, 0.4) is 0 Å². The minimum Gasteiger partial charge on any atom is -0.355 e. The molecular weight excluding hydrogens is 240 g/mol. The van der Waals surface area contributed by atoms with Crippen LogP contribution in [-0.2, 0) is 6.54 Å². The molecule has 0 radical (unpaired) electrons. The van der Waals surface area contributed by atoms with Gasteiger partial charge in [-0.2, -0.15) is 0 Å². The Balaban J connectivity index is 2.28. The number of nitrogens with two attached hydrogens (primary N) is 1. The molecule has 6 heteroatoms. The number of aromatic nitrogens is 3. The molecule has 2 aromatic rings. The fourth-order valence-corrected chi connectivity index (χ4v) is 1.97. The van der Waals surface area contributed by atoms with Crippen molar-refractivity contribution in [1.29, 1.82) is 0 Å². The number of aryl methyl sites for hydroxylation is 1. The Morgan fingerprint density at radius 3 is 2.74 bits per heavy atom. The molecule has 0 saturated heterocycles. The number of rotatable bonds is 4. The van der Waals surface area contributed by atoms with Crippen LogP contribution in [0, 0.1) is 13.8 Å². The van der Waals surface area contributed by atoms with E-state index in [0.29, 0.717) is 11.6 Å². The van der Waals surface area contributed by atoms with E-state index in [1.54, 1.807) is 6.20 Å². The molecule has 100 valence electrons. The van der Waals surface area contributed by atoms with Crippen molar-refractivity contribution in [3.05, 3.63) is 41.5 Å². The standard InChI is InChI=1S/C13H18N6/c1-9-12(18-14)16-10(2)17-13(9)19(3)8-11-5-4-6-15-7-11/h4-7H,8,14H2,1-3H3,(H,16,17,18). The molecule has 0 fully saturated rings. The summed E-state index contributed by atoms with van der Waals surface area (Å²) in [5, 5.41) is 0.